The third-order valence-corrected chi connectivity index (χ3v) is 3.57. The molecule has 0 atom stereocenters. The SMILES string of the molecule is CN(Cc1ccccc1-c1ccc(C(=O)O)cc1)C(=O)OC(C)(C)C. The Hall–Kier alpha value is -2.82. The van der Waals surface area contributed by atoms with Gasteiger partial charge in [-0.3, -0.25) is 0 Å². The van der Waals surface area contributed by atoms with Crippen LogP contribution in [0.3, 0.4) is 0 Å². The van der Waals surface area contributed by atoms with Gasteiger partial charge >= 0.3 is 12.1 Å². The van der Waals surface area contributed by atoms with Crippen LogP contribution in [0.15, 0.2) is 48.5 Å². The molecule has 0 heterocycles. The van der Waals surface area contributed by atoms with E-state index >= 15 is 0 Å². The topological polar surface area (TPSA) is 66.8 Å². The molecule has 0 radical (unpaired) electrons. The molecule has 132 valence electrons. The lowest BCUT2D eigenvalue weighted by atomic mass is 9.98. The first-order valence-electron chi connectivity index (χ1n) is 8.03. The Morgan fingerprint density at radius 1 is 1.04 bits per heavy atom. The number of carbonyl (C=O) groups is 2. The Bertz CT molecular complexity index is 760. The summed E-state index contributed by atoms with van der Waals surface area (Å²) in [4.78, 5) is 24.7. The van der Waals surface area contributed by atoms with Crippen LogP contribution in [0.5, 0.6) is 0 Å². The highest BCUT2D eigenvalue weighted by molar-refractivity contribution is 5.88. The van der Waals surface area contributed by atoms with Crippen LogP contribution < -0.4 is 0 Å². The van der Waals surface area contributed by atoms with Crippen molar-refractivity contribution in [3.05, 3.63) is 59.7 Å². The Morgan fingerprint density at radius 3 is 2.20 bits per heavy atom. The van der Waals surface area contributed by atoms with Crippen molar-refractivity contribution in [1.29, 1.82) is 0 Å². The summed E-state index contributed by atoms with van der Waals surface area (Å²) in [6.07, 6.45) is -0.386. The van der Waals surface area contributed by atoms with Crippen molar-refractivity contribution >= 4 is 12.1 Å². The van der Waals surface area contributed by atoms with Gasteiger partial charge in [0.1, 0.15) is 5.60 Å². The summed E-state index contributed by atoms with van der Waals surface area (Å²) in [6, 6.07) is 14.4. The quantitative estimate of drug-likeness (QED) is 0.894. The smallest absolute Gasteiger partial charge is 0.410 e. The zero-order chi connectivity index (χ0) is 18.6. The minimum atomic E-state index is -0.954. The summed E-state index contributed by atoms with van der Waals surface area (Å²) in [6.45, 7) is 5.88. The zero-order valence-electron chi connectivity index (χ0n) is 14.9. The molecule has 1 N–H and O–H groups in total. The number of nitrogens with zero attached hydrogens (tertiary/aromatic N) is 1. The summed E-state index contributed by atoms with van der Waals surface area (Å²) in [5.41, 5.74) is 2.51. The van der Waals surface area contributed by atoms with Crippen molar-refractivity contribution in [2.45, 2.75) is 32.9 Å². The molecule has 5 nitrogen and oxygen atoms in total. The Kier molecular flexibility index (Phi) is 5.47. The van der Waals surface area contributed by atoms with Crippen LogP contribution in [0.25, 0.3) is 11.1 Å². The fraction of sp³-hybridized carbons (Fsp3) is 0.300. The molecule has 25 heavy (non-hydrogen) atoms. The highest BCUT2D eigenvalue weighted by Gasteiger charge is 2.20. The number of amides is 1. The van der Waals surface area contributed by atoms with E-state index in [4.69, 9.17) is 9.84 Å². The average Bonchev–Trinajstić information content (AvgIpc) is 2.54. The molecular weight excluding hydrogens is 318 g/mol. The van der Waals surface area contributed by atoms with Gasteiger partial charge in [0.2, 0.25) is 0 Å². The van der Waals surface area contributed by atoms with E-state index in [9.17, 15) is 9.59 Å². The molecule has 2 aromatic rings. The van der Waals surface area contributed by atoms with Crippen molar-refractivity contribution in [1.82, 2.24) is 4.90 Å². The number of carboxylic acid groups (broad SMARTS) is 1. The zero-order valence-corrected chi connectivity index (χ0v) is 14.9. The van der Waals surface area contributed by atoms with Crippen LogP contribution in [-0.4, -0.2) is 34.7 Å². The second-order valence-corrected chi connectivity index (χ2v) is 6.88. The van der Waals surface area contributed by atoms with E-state index in [1.807, 2.05) is 45.0 Å². The number of hydrogen-bond acceptors (Lipinski definition) is 3. The monoisotopic (exact) mass is 341 g/mol. The van der Waals surface area contributed by atoms with Crippen molar-refractivity contribution in [3.63, 3.8) is 0 Å². The standard InChI is InChI=1S/C20H23NO4/c1-20(2,3)25-19(24)21(4)13-16-7-5-6-8-17(16)14-9-11-15(12-10-14)18(22)23/h5-12H,13H2,1-4H3,(H,22,23). The van der Waals surface area contributed by atoms with E-state index in [-0.39, 0.29) is 11.7 Å². The fourth-order valence-corrected chi connectivity index (χ4v) is 2.39. The molecule has 0 aromatic heterocycles. The molecule has 0 aliphatic carbocycles. The molecule has 5 heteroatoms. The normalized spacial score (nSPS) is 11.0. The maximum atomic E-state index is 12.2. The van der Waals surface area contributed by atoms with Gasteiger partial charge in [-0.25, -0.2) is 9.59 Å². The Labute approximate surface area is 147 Å². The van der Waals surface area contributed by atoms with Crippen LogP contribution >= 0.6 is 0 Å². The lowest BCUT2D eigenvalue weighted by Gasteiger charge is -2.25. The molecular formula is C20H23NO4. The first kappa shape index (κ1) is 18.5. The van der Waals surface area contributed by atoms with Crippen molar-refractivity contribution in [3.8, 4) is 11.1 Å². The maximum absolute atomic E-state index is 12.2. The summed E-state index contributed by atoms with van der Waals surface area (Å²) in [7, 11) is 1.69. The molecule has 0 aliphatic heterocycles. The number of carboxylic acids is 1. The van der Waals surface area contributed by atoms with Gasteiger partial charge in [0.25, 0.3) is 0 Å². The Morgan fingerprint density at radius 2 is 1.64 bits per heavy atom. The maximum Gasteiger partial charge on any atom is 0.410 e. The number of carbonyl (C=O) groups excluding carboxylic acids is 1. The van der Waals surface area contributed by atoms with Gasteiger partial charge in [-0.05, 0) is 49.6 Å². The van der Waals surface area contributed by atoms with Crippen LogP contribution in [0.4, 0.5) is 4.79 Å². The molecule has 0 unspecified atom stereocenters. The first-order chi connectivity index (χ1) is 11.7. The van der Waals surface area contributed by atoms with E-state index in [0.717, 1.165) is 16.7 Å². The molecule has 0 saturated heterocycles. The van der Waals surface area contributed by atoms with Crippen molar-refractivity contribution < 1.29 is 19.4 Å². The molecule has 0 fully saturated rings. The average molecular weight is 341 g/mol. The van der Waals surface area contributed by atoms with E-state index in [1.165, 1.54) is 4.90 Å². The summed E-state index contributed by atoms with van der Waals surface area (Å²) in [5.74, 6) is -0.954. The number of ether oxygens (including phenoxy) is 1. The second kappa shape index (κ2) is 7.38. The molecule has 1 amide bonds. The number of aromatic carboxylic acids is 1. The minimum absolute atomic E-state index is 0.243. The van der Waals surface area contributed by atoms with Crippen LogP contribution in [-0.2, 0) is 11.3 Å². The molecule has 0 aliphatic rings. The first-order valence-corrected chi connectivity index (χ1v) is 8.03. The largest absolute Gasteiger partial charge is 0.478 e. The molecule has 0 bridgehead atoms. The van der Waals surface area contributed by atoms with Crippen LogP contribution in [0, 0.1) is 0 Å². The molecule has 0 spiro atoms. The van der Waals surface area contributed by atoms with Crippen LogP contribution in [0.1, 0.15) is 36.7 Å². The van der Waals surface area contributed by atoms with Gasteiger partial charge in [0.15, 0.2) is 0 Å². The summed E-state index contributed by atoms with van der Waals surface area (Å²) in [5, 5.41) is 9.02. The number of benzene rings is 2. The predicted octanol–water partition coefficient (Wildman–Crippen LogP) is 4.42. The molecule has 2 aromatic carbocycles. The van der Waals surface area contributed by atoms with Gasteiger partial charge in [0.05, 0.1) is 5.56 Å². The van der Waals surface area contributed by atoms with Gasteiger partial charge in [0, 0.05) is 13.6 Å². The second-order valence-electron chi connectivity index (χ2n) is 6.88. The highest BCUT2D eigenvalue weighted by Crippen LogP contribution is 2.25. The van der Waals surface area contributed by atoms with E-state index < -0.39 is 11.6 Å². The van der Waals surface area contributed by atoms with Crippen molar-refractivity contribution in [2.75, 3.05) is 7.05 Å². The predicted molar refractivity (Wildman–Crippen MR) is 96.5 cm³/mol. The lowest BCUT2D eigenvalue weighted by molar-refractivity contribution is 0.0285. The lowest BCUT2D eigenvalue weighted by Crippen LogP contribution is -2.33. The van der Waals surface area contributed by atoms with Gasteiger partial charge in [-0.1, -0.05) is 36.4 Å². The highest BCUT2D eigenvalue weighted by atomic mass is 16.6. The third-order valence-electron chi connectivity index (χ3n) is 3.57. The molecule has 2 rings (SSSR count). The van der Waals surface area contributed by atoms with E-state index in [0.29, 0.717) is 6.54 Å². The van der Waals surface area contributed by atoms with Gasteiger partial charge in [-0.15, -0.1) is 0 Å². The van der Waals surface area contributed by atoms with Crippen LogP contribution in [0.2, 0.25) is 0 Å². The van der Waals surface area contributed by atoms with Gasteiger partial charge < -0.3 is 14.7 Å². The molecule has 0 saturated carbocycles. The van der Waals surface area contributed by atoms with Crippen molar-refractivity contribution in [2.24, 2.45) is 0 Å². The third kappa shape index (κ3) is 5.08. The number of hydrogen-bond donors (Lipinski definition) is 1. The minimum Gasteiger partial charge on any atom is -0.478 e. The Balaban J connectivity index is 2.23. The fourth-order valence-electron chi connectivity index (χ4n) is 2.39. The van der Waals surface area contributed by atoms with E-state index in [1.54, 1.807) is 31.3 Å². The van der Waals surface area contributed by atoms with E-state index in [2.05, 4.69) is 0 Å². The van der Waals surface area contributed by atoms with Gasteiger partial charge in [-0.2, -0.15) is 0 Å². The number of rotatable bonds is 4. The summed E-state index contributed by atoms with van der Waals surface area (Å²) >= 11 is 0. The summed E-state index contributed by atoms with van der Waals surface area (Å²) < 4.78 is 5.38.